The van der Waals surface area contributed by atoms with Gasteiger partial charge in [-0.05, 0) is 26.0 Å². The molecule has 2 rings (SSSR count). The molecule has 4 heteroatoms. The lowest BCUT2D eigenvalue weighted by molar-refractivity contribution is -0.863. The quantitative estimate of drug-likeness (QED) is 0.847. The Bertz CT molecular complexity index is 470. The molecule has 0 aliphatic carbocycles. The van der Waals surface area contributed by atoms with Gasteiger partial charge in [0, 0.05) is 6.42 Å². The summed E-state index contributed by atoms with van der Waals surface area (Å²) in [5, 5.41) is 0. The van der Waals surface area contributed by atoms with Crippen LogP contribution in [0.3, 0.4) is 0 Å². The second-order valence-electron chi connectivity index (χ2n) is 6.76. The van der Waals surface area contributed by atoms with E-state index in [1.54, 1.807) is 12.1 Å². The van der Waals surface area contributed by atoms with Gasteiger partial charge in [-0.2, -0.15) is 0 Å². The number of quaternary nitrogens is 1. The number of benzene rings is 1. The zero-order valence-corrected chi connectivity index (χ0v) is 13.4. The third-order valence-electron chi connectivity index (χ3n) is 3.85. The van der Waals surface area contributed by atoms with E-state index < -0.39 is 0 Å². The molecule has 0 bridgehead atoms. The number of esters is 1. The zero-order chi connectivity index (χ0) is 15.5. The maximum atomic E-state index is 12.3. The van der Waals surface area contributed by atoms with E-state index in [4.69, 9.17) is 9.47 Å². The number of carbonyl (C=O) groups excluding carboxylic acids is 1. The smallest absolute Gasteiger partial charge is 0.338 e. The SMILES string of the molecule is C[NH+](C)C[C@H]1COC(C)(C)C[C@H]1OC(=O)c1ccccc1. The van der Waals surface area contributed by atoms with Crippen LogP contribution in [0.4, 0.5) is 0 Å². The van der Waals surface area contributed by atoms with Crippen LogP contribution >= 0.6 is 0 Å². The Labute approximate surface area is 127 Å². The Balaban J connectivity index is 2.07. The largest absolute Gasteiger partial charge is 0.458 e. The molecule has 0 spiro atoms. The molecule has 0 saturated carbocycles. The Kier molecular flexibility index (Phi) is 5.01. The summed E-state index contributed by atoms with van der Waals surface area (Å²) < 4.78 is 11.7. The summed E-state index contributed by atoms with van der Waals surface area (Å²) in [6.45, 7) is 5.68. The topological polar surface area (TPSA) is 40.0 Å². The molecule has 1 aromatic rings. The normalized spacial score (nSPS) is 24.8. The average Bonchev–Trinajstić information content (AvgIpc) is 2.42. The minimum absolute atomic E-state index is 0.0867. The van der Waals surface area contributed by atoms with Crippen LogP contribution in [0, 0.1) is 5.92 Å². The van der Waals surface area contributed by atoms with Crippen molar-refractivity contribution in [2.75, 3.05) is 27.2 Å². The van der Waals surface area contributed by atoms with Crippen molar-refractivity contribution in [1.29, 1.82) is 0 Å². The monoisotopic (exact) mass is 292 g/mol. The lowest BCUT2D eigenvalue weighted by Crippen LogP contribution is -3.07. The predicted octanol–water partition coefficient (Wildman–Crippen LogP) is 1.17. The van der Waals surface area contributed by atoms with Gasteiger partial charge in [-0.1, -0.05) is 18.2 Å². The van der Waals surface area contributed by atoms with Crippen LogP contribution in [0.1, 0.15) is 30.6 Å². The molecule has 4 nitrogen and oxygen atoms in total. The Morgan fingerprint density at radius 1 is 1.33 bits per heavy atom. The molecule has 0 aromatic heterocycles. The van der Waals surface area contributed by atoms with Crippen molar-refractivity contribution < 1.29 is 19.2 Å². The zero-order valence-electron chi connectivity index (χ0n) is 13.4. The van der Waals surface area contributed by atoms with Crippen molar-refractivity contribution in [2.45, 2.75) is 32.0 Å². The summed E-state index contributed by atoms with van der Waals surface area (Å²) in [5.41, 5.74) is 0.373. The molecule has 1 N–H and O–H groups in total. The van der Waals surface area contributed by atoms with Crippen molar-refractivity contribution in [1.82, 2.24) is 0 Å². The number of ether oxygens (including phenoxy) is 2. The van der Waals surface area contributed by atoms with Crippen molar-refractivity contribution in [3.8, 4) is 0 Å². The molecule has 21 heavy (non-hydrogen) atoms. The van der Waals surface area contributed by atoms with Crippen molar-refractivity contribution in [3.63, 3.8) is 0 Å². The van der Waals surface area contributed by atoms with Crippen LogP contribution in [-0.2, 0) is 9.47 Å². The fourth-order valence-electron chi connectivity index (χ4n) is 2.78. The highest BCUT2D eigenvalue weighted by Gasteiger charge is 2.39. The molecule has 1 aliphatic heterocycles. The van der Waals surface area contributed by atoms with Crippen molar-refractivity contribution in [3.05, 3.63) is 35.9 Å². The van der Waals surface area contributed by atoms with E-state index in [-0.39, 0.29) is 23.6 Å². The second-order valence-corrected chi connectivity index (χ2v) is 6.76. The molecular weight excluding hydrogens is 266 g/mol. The summed E-state index contributed by atoms with van der Waals surface area (Å²) in [4.78, 5) is 13.6. The second kappa shape index (κ2) is 6.58. The number of nitrogens with one attached hydrogen (secondary N) is 1. The van der Waals surface area contributed by atoms with E-state index in [1.165, 1.54) is 4.90 Å². The standard InChI is InChI=1S/C17H25NO3/c1-17(2)10-15(14(12-20-17)11-18(3)4)21-16(19)13-8-6-5-7-9-13/h5-9,14-15H,10-12H2,1-4H3/p+1/t14-,15+/m0/s1. The maximum absolute atomic E-state index is 12.3. The van der Waals surface area contributed by atoms with E-state index in [2.05, 4.69) is 27.9 Å². The first-order valence-corrected chi connectivity index (χ1v) is 7.56. The molecule has 1 saturated heterocycles. The van der Waals surface area contributed by atoms with Crippen molar-refractivity contribution in [2.24, 2.45) is 5.92 Å². The van der Waals surface area contributed by atoms with Crippen LogP contribution in [-0.4, -0.2) is 44.9 Å². The van der Waals surface area contributed by atoms with Gasteiger partial charge in [-0.3, -0.25) is 0 Å². The molecule has 0 amide bonds. The Hall–Kier alpha value is -1.39. The highest BCUT2D eigenvalue weighted by Crippen LogP contribution is 2.29. The summed E-state index contributed by atoms with van der Waals surface area (Å²) in [5.74, 6) is 0.00717. The minimum atomic E-state index is -0.239. The van der Waals surface area contributed by atoms with Gasteiger partial charge in [0.15, 0.2) is 0 Å². The van der Waals surface area contributed by atoms with Gasteiger partial charge < -0.3 is 14.4 Å². The Morgan fingerprint density at radius 3 is 2.62 bits per heavy atom. The van der Waals surface area contributed by atoms with E-state index in [9.17, 15) is 4.79 Å². The number of carbonyl (C=O) groups is 1. The molecule has 1 aromatic carbocycles. The van der Waals surface area contributed by atoms with Gasteiger partial charge in [-0.15, -0.1) is 0 Å². The summed E-state index contributed by atoms with van der Waals surface area (Å²) in [6.07, 6.45) is 0.653. The molecule has 2 atom stereocenters. The first-order valence-electron chi connectivity index (χ1n) is 7.56. The van der Waals surface area contributed by atoms with Crippen LogP contribution < -0.4 is 4.90 Å². The molecular formula is C17H26NO3+. The van der Waals surface area contributed by atoms with E-state index in [1.807, 2.05) is 18.2 Å². The molecule has 1 aliphatic rings. The van der Waals surface area contributed by atoms with Gasteiger partial charge in [0.25, 0.3) is 0 Å². The van der Waals surface area contributed by atoms with Crippen LogP contribution in [0.15, 0.2) is 30.3 Å². The molecule has 1 fully saturated rings. The number of hydrogen-bond donors (Lipinski definition) is 1. The minimum Gasteiger partial charge on any atom is -0.458 e. The lowest BCUT2D eigenvalue weighted by Gasteiger charge is -2.40. The van der Waals surface area contributed by atoms with Gasteiger partial charge >= 0.3 is 5.97 Å². The van der Waals surface area contributed by atoms with Crippen LogP contribution in [0.2, 0.25) is 0 Å². The highest BCUT2D eigenvalue weighted by molar-refractivity contribution is 5.89. The highest BCUT2D eigenvalue weighted by atomic mass is 16.6. The predicted molar refractivity (Wildman–Crippen MR) is 81.5 cm³/mol. The first kappa shape index (κ1) is 16.0. The third-order valence-corrected chi connectivity index (χ3v) is 3.85. The third kappa shape index (κ3) is 4.55. The van der Waals surface area contributed by atoms with Crippen molar-refractivity contribution >= 4 is 5.97 Å². The Morgan fingerprint density at radius 2 is 2.00 bits per heavy atom. The molecule has 0 unspecified atom stereocenters. The average molecular weight is 292 g/mol. The van der Waals surface area contributed by atoms with Gasteiger partial charge in [0.2, 0.25) is 0 Å². The van der Waals surface area contributed by atoms with Gasteiger partial charge in [0.1, 0.15) is 6.10 Å². The molecule has 1 heterocycles. The first-order chi connectivity index (χ1) is 9.87. The molecule has 0 radical (unpaired) electrons. The van der Waals surface area contributed by atoms with E-state index in [0.717, 1.165) is 13.0 Å². The number of rotatable bonds is 4. The summed E-state index contributed by atoms with van der Waals surface area (Å²) in [7, 11) is 4.21. The number of hydrogen-bond acceptors (Lipinski definition) is 3. The lowest BCUT2D eigenvalue weighted by atomic mass is 9.88. The summed E-state index contributed by atoms with van der Waals surface area (Å²) >= 11 is 0. The van der Waals surface area contributed by atoms with Crippen LogP contribution in [0.5, 0.6) is 0 Å². The fraction of sp³-hybridized carbons (Fsp3) is 0.588. The summed E-state index contributed by atoms with van der Waals surface area (Å²) in [6, 6.07) is 9.18. The van der Waals surface area contributed by atoms with Gasteiger partial charge in [0.05, 0.1) is 44.3 Å². The van der Waals surface area contributed by atoms with Gasteiger partial charge in [-0.25, -0.2) is 4.79 Å². The van der Waals surface area contributed by atoms with E-state index >= 15 is 0 Å². The van der Waals surface area contributed by atoms with Crippen LogP contribution in [0.25, 0.3) is 0 Å². The fourth-order valence-corrected chi connectivity index (χ4v) is 2.78. The maximum Gasteiger partial charge on any atom is 0.338 e. The van der Waals surface area contributed by atoms with E-state index in [0.29, 0.717) is 12.2 Å². The molecule has 116 valence electrons.